The van der Waals surface area contributed by atoms with E-state index in [9.17, 15) is 18.4 Å². The average molecular weight is 594 g/mol. The zero-order chi connectivity index (χ0) is 30.9. The highest BCUT2D eigenvalue weighted by molar-refractivity contribution is 5.99. The molecule has 0 radical (unpaired) electrons. The highest BCUT2D eigenvalue weighted by Gasteiger charge is 2.36. The second-order valence-corrected chi connectivity index (χ2v) is 11.3. The molecule has 222 valence electrons. The lowest BCUT2D eigenvalue weighted by molar-refractivity contribution is 0.0672. The number of rotatable bonds is 4. The number of aromatic nitrogens is 6. The average Bonchev–Trinajstić information content (AvgIpc) is 3.73. The Hall–Kier alpha value is -5.32. The standard InChI is InChI=1S/C33H29F2N7O2/c1-17-13-23(14-18(2)29(17)34)42-31(41-12-10-37-33(41)44)28-20(4)40(11-8-26(28)39-42)32(43)27-16-22-15-21(5-6-25(22)38-27)24-7-9-36-19(3)30(24)35/h5-7,9-10,12-16,20,38H,8,11H2,1-4H3,(H,37,44)/t20-/m0/s1. The maximum absolute atomic E-state index is 14.8. The number of fused-ring (bicyclic) bond motifs is 2. The smallest absolute Gasteiger partial charge is 0.331 e. The van der Waals surface area contributed by atoms with Crippen LogP contribution in [0.3, 0.4) is 0 Å². The SMILES string of the molecule is Cc1cc(-n2nc3c(c2-n2cc[nH]c2=O)[C@H](C)N(C(=O)c2cc4cc(-c5ccnc(C)c5F)ccc4[nH]2)CC3)cc(C)c1F. The first-order chi connectivity index (χ1) is 21.1. The first-order valence-electron chi connectivity index (χ1n) is 14.3. The molecule has 0 spiro atoms. The first kappa shape index (κ1) is 27.5. The number of nitrogens with zero attached hydrogens (tertiary/aromatic N) is 5. The van der Waals surface area contributed by atoms with E-state index in [0.29, 0.717) is 58.1 Å². The van der Waals surface area contributed by atoms with Crippen molar-refractivity contribution in [2.45, 2.75) is 40.2 Å². The van der Waals surface area contributed by atoms with E-state index in [1.165, 1.54) is 4.57 Å². The van der Waals surface area contributed by atoms with Gasteiger partial charge in [-0.3, -0.25) is 14.3 Å². The second kappa shape index (κ2) is 10.1. The molecule has 7 rings (SSSR count). The summed E-state index contributed by atoms with van der Waals surface area (Å²) >= 11 is 0. The zero-order valence-electron chi connectivity index (χ0n) is 24.6. The molecule has 0 aliphatic carbocycles. The van der Waals surface area contributed by atoms with Crippen molar-refractivity contribution >= 4 is 16.8 Å². The van der Waals surface area contributed by atoms with Crippen molar-refractivity contribution in [2.24, 2.45) is 0 Å². The zero-order valence-corrected chi connectivity index (χ0v) is 24.6. The number of hydrogen-bond acceptors (Lipinski definition) is 4. The Morgan fingerprint density at radius 2 is 1.80 bits per heavy atom. The topological polar surface area (TPSA) is 105 Å². The van der Waals surface area contributed by atoms with Crippen molar-refractivity contribution in [1.29, 1.82) is 0 Å². The van der Waals surface area contributed by atoms with E-state index >= 15 is 0 Å². The Morgan fingerprint density at radius 1 is 1.02 bits per heavy atom. The third kappa shape index (κ3) is 4.26. The number of pyridine rings is 1. The third-order valence-corrected chi connectivity index (χ3v) is 8.48. The number of carbonyl (C=O) groups is 1. The van der Waals surface area contributed by atoms with Crippen LogP contribution in [0.2, 0.25) is 0 Å². The predicted octanol–water partition coefficient (Wildman–Crippen LogP) is 5.86. The molecule has 0 saturated carbocycles. The van der Waals surface area contributed by atoms with Gasteiger partial charge in [-0.25, -0.2) is 18.3 Å². The number of aromatic amines is 2. The van der Waals surface area contributed by atoms with Gasteiger partial charge in [-0.05, 0) is 80.8 Å². The number of carbonyl (C=O) groups excluding carboxylic acids is 1. The van der Waals surface area contributed by atoms with Crippen molar-refractivity contribution in [2.75, 3.05) is 6.54 Å². The van der Waals surface area contributed by atoms with E-state index in [4.69, 9.17) is 5.10 Å². The fourth-order valence-corrected chi connectivity index (χ4v) is 6.22. The van der Waals surface area contributed by atoms with Crippen LogP contribution >= 0.6 is 0 Å². The van der Waals surface area contributed by atoms with E-state index < -0.39 is 6.04 Å². The predicted molar refractivity (Wildman–Crippen MR) is 162 cm³/mol. The summed E-state index contributed by atoms with van der Waals surface area (Å²) in [6, 6.07) is 11.9. The van der Waals surface area contributed by atoms with Crippen molar-refractivity contribution in [3.05, 3.63) is 117 Å². The van der Waals surface area contributed by atoms with Gasteiger partial charge in [0.2, 0.25) is 0 Å². The minimum Gasteiger partial charge on any atom is -0.351 e. The van der Waals surface area contributed by atoms with Gasteiger partial charge >= 0.3 is 5.69 Å². The fraction of sp³-hybridized carbons (Fsp3) is 0.212. The molecule has 0 fully saturated rings. The normalized spacial score (nSPS) is 14.8. The van der Waals surface area contributed by atoms with Gasteiger partial charge in [-0.2, -0.15) is 5.10 Å². The van der Waals surface area contributed by atoms with Crippen LogP contribution in [0.15, 0.2) is 65.8 Å². The molecule has 5 heterocycles. The monoisotopic (exact) mass is 593 g/mol. The quantitative estimate of drug-likeness (QED) is 0.267. The Kier molecular flexibility index (Phi) is 6.34. The highest BCUT2D eigenvalue weighted by Crippen LogP contribution is 2.37. The molecule has 1 atom stereocenters. The third-order valence-electron chi connectivity index (χ3n) is 8.48. The minimum atomic E-state index is -0.435. The number of benzene rings is 2. The van der Waals surface area contributed by atoms with Gasteiger partial charge in [-0.15, -0.1) is 0 Å². The molecular weight excluding hydrogens is 564 g/mol. The minimum absolute atomic E-state index is 0.208. The van der Waals surface area contributed by atoms with Crippen LogP contribution in [0.4, 0.5) is 8.78 Å². The summed E-state index contributed by atoms with van der Waals surface area (Å²) in [6.07, 6.45) is 5.21. The molecule has 2 aromatic carbocycles. The van der Waals surface area contributed by atoms with Crippen molar-refractivity contribution in [3.63, 3.8) is 0 Å². The van der Waals surface area contributed by atoms with Gasteiger partial charge < -0.3 is 14.9 Å². The molecule has 11 heteroatoms. The lowest BCUT2D eigenvalue weighted by Gasteiger charge is -2.33. The van der Waals surface area contributed by atoms with Gasteiger partial charge in [0.25, 0.3) is 5.91 Å². The van der Waals surface area contributed by atoms with Gasteiger partial charge in [0.05, 0.1) is 23.1 Å². The Balaban J connectivity index is 1.29. The molecule has 4 aromatic heterocycles. The van der Waals surface area contributed by atoms with Crippen LogP contribution in [-0.4, -0.2) is 46.7 Å². The number of nitrogens with one attached hydrogen (secondary N) is 2. The number of aryl methyl sites for hydroxylation is 3. The summed E-state index contributed by atoms with van der Waals surface area (Å²) in [7, 11) is 0. The van der Waals surface area contributed by atoms with Crippen LogP contribution in [0.5, 0.6) is 0 Å². The van der Waals surface area contributed by atoms with E-state index in [1.807, 2.05) is 25.1 Å². The van der Waals surface area contributed by atoms with Crippen LogP contribution in [0, 0.1) is 32.4 Å². The fourth-order valence-electron chi connectivity index (χ4n) is 6.22. The van der Waals surface area contributed by atoms with Gasteiger partial charge in [0.15, 0.2) is 5.82 Å². The Morgan fingerprint density at radius 3 is 2.52 bits per heavy atom. The maximum atomic E-state index is 14.8. The number of amides is 1. The number of imidazole rings is 1. The number of H-pyrrole nitrogens is 2. The van der Waals surface area contributed by atoms with Crippen LogP contribution in [0.1, 0.15) is 51.5 Å². The van der Waals surface area contributed by atoms with E-state index in [-0.39, 0.29) is 23.2 Å². The highest BCUT2D eigenvalue weighted by atomic mass is 19.1. The van der Waals surface area contributed by atoms with Crippen molar-refractivity contribution < 1.29 is 13.6 Å². The molecule has 0 unspecified atom stereocenters. The van der Waals surface area contributed by atoms with Gasteiger partial charge in [-0.1, -0.05) is 6.07 Å². The molecule has 1 aliphatic rings. The molecule has 2 N–H and O–H groups in total. The van der Waals surface area contributed by atoms with E-state index in [0.717, 1.165) is 22.2 Å². The molecule has 9 nitrogen and oxygen atoms in total. The van der Waals surface area contributed by atoms with E-state index in [2.05, 4.69) is 15.0 Å². The maximum Gasteiger partial charge on any atom is 0.331 e. The first-order valence-corrected chi connectivity index (χ1v) is 14.3. The number of halogens is 2. The molecule has 6 aromatic rings. The summed E-state index contributed by atoms with van der Waals surface area (Å²) in [5.74, 6) is -0.374. The van der Waals surface area contributed by atoms with Gasteiger partial charge in [0, 0.05) is 53.6 Å². The van der Waals surface area contributed by atoms with Crippen LogP contribution < -0.4 is 5.69 Å². The van der Waals surface area contributed by atoms with Crippen LogP contribution in [-0.2, 0) is 6.42 Å². The van der Waals surface area contributed by atoms with Crippen molar-refractivity contribution in [1.82, 2.24) is 34.2 Å². The molecule has 1 aliphatic heterocycles. The summed E-state index contributed by atoms with van der Waals surface area (Å²) in [5, 5.41) is 5.65. The lowest BCUT2D eigenvalue weighted by Crippen LogP contribution is -2.39. The van der Waals surface area contributed by atoms with Crippen LogP contribution in [0.25, 0.3) is 33.5 Å². The summed E-state index contributed by atoms with van der Waals surface area (Å²) in [4.78, 5) is 38.6. The lowest BCUT2D eigenvalue weighted by atomic mass is 9.98. The molecule has 0 saturated heterocycles. The van der Waals surface area contributed by atoms with Gasteiger partial charge in [0.1, 0.15) is 17.3 Å². The Labute approximate surface area is 250 Å². The van der Waals surface area contributed by atoms with Crippen molar-refractivity contribution in [3.8, 4) is 22.6 Å². The summed E-state index contributed by atoms with van der Waals surface area (Å²) in [5.41, 5.74) is 5.32. The Bertz CT molecular complexity index is 2150. The summed E-state index contributed by atoms with van der Waals surface area (Å²) in [6.45, 7) is 7.34. The summed E-state index contributed by atoms with van der Waals surface area (Å²) < 4.78 is 32.4. The second-order valence-electron chi connectivity index (χ2n) is 11.3. The van der Waals surface area contributed by atoms with E-state index in [1.54, 1.807) is 73.2 Å². The largest absolute Gasteiger partial charge is 0.351 e. The molecule has 44 heavy (non-hydrogen) atoms. The molecule has 1 amide bonds. The molecule has 0 bridgehead atoms. The number of hydrogen-bond donors (Lipinski definition) is 2. The molecular formula is C33H29F2N7O2.